The predicted molar refractivity (Wildman–Crippen MR) is 57.1 cm³/mol. The normalized spacial score (nSPS) is 10.7. The van der Waals surface area contributed by atoms with Crippen LogP contribution in [-0.4, -0.2) is 14.8 Å². The summed E-state index contributed by atoms with van der Waals surface area (Å²) in [6.45, 7) is 4.01. The Bertz CT molecular complexity index is 499. The van der Waals surface area contributed by atoms with E-state index in [1.807, 2.05) is 44.9 Å². The van der Waals surface area contributed by atoms with Crippen molar-refractivity contribution < 1.29 is 4.57 Å². The van der Waals surface area contributed by atoms with Gasteiger partial charge < -0.3 is 0 Å². The molecule has 0 radical (unpaired) electrons. The molecule has 2 aromatic heterocycles. The summed E-state index contributed by atoms with van der Waals surface area (Å²) in [5.41, 5.74) is 2.15. The number of rotatable bonds is 1. The lowest BCUT2D eigenvalue weighted by atomic mass is 10.2. The summed E-state index contributed by atoms with van der Waals surface area (Å²) in [7, 11) is 3.97. The molecule has 2 aromatic rings. The number of hydrogen-bond donors (Lipinski definition) is 0. The zero-order valence-corrected chi connectivity index (χ0v) is 9.52. The monoisotopic (exact) mass is 203 g/mol. The summed E-state index contributed by atoms with van der Waals surface area (Å²) in [6.07, 6.45) is 1.81. The molecule has 0 saturated heterocycles. The maximum Gasteiger partial charge on any atom is 0.274 e. The van der Waals surface area contributed by atoms with Gasteiger partial charge in [0.05, 0.1) is 25.4 Å². The van der Waals surface area contributed by atoms with Gasteiger partial charge >= 0.3 is 0 Å². The van der Waals surface area contributed by atoms with Gasteiger partial charge in [-0.15, -0.1) is 4.68 Å². The number of aryl methyl sites for hydroxylation is 3. The zero-order chi connectivity index (χ0) is 11.0. The number of hydrogen-bond acceptors (Lipinski definition) is 2. The van der Waals surface area contributed by atoms with Crippen LogP contribution in [0.1, 0.15) is 11.5 Å². The zero-order valence-electron chi connectivity index (χ0n) is 9.52. The Morgan fingerprint density at radius 2 is 2.07 bits per heavy atom. The van der Waals surface area contributed by atoms with Crippen LogP contribution in [-0.2, 0) is 14.1 Å². The molecule has 0 aromatic carbocycles. The minimum Gasteiger partial charge on any atom is -0.261 e. The predicted octanol–water partition coefficient (Wildman–Crippen LogP) is 0.923. The van der Waals surface area contributed by atoms with E-state index in [2.05, 4.69) is 20.7 Å². The Balaban J connectivity index is 2.69. The molecule has 4 heteroatoms. The Hall–Kier alpha value is -1.71. The van der Waals surface area contributed by atoms with Crippen molar-refractivity contribution in [1.82, 2.24) is 14.8 Å². The van der Waals surface area contributed by atoms with Crippen molar-refractivity contribution >= 4 is 0 Å². The van der Waals surface area contributed by atoms with Crippen molar-refractivity contribution in [2.45, 2.75) is 13.8 Å². The summed E-state index contributed by atoms with van der Waals surface area (Å²) in [5, 5.41) is 4.38. The summed E-state index contributed by atoms with van der Waals surface area (Å²) in [5.74, 6) is 2.08. The standard InChI is InChI=1S/C11H15N4/c1-8-10(6-5-7-12-8)11-14(3)9(2)13-15(11)4/h5-7H,1-4H3/q+1. The highest BCUT2D eigenvalue weighted by molar-refractivity contribution is 5.54. The van der Waals surface area contributed by atoms with Gasteiger partial charge in [0, 0.05) is 18.2 Å². The third-order valence-electron chi connectivity index (χ3n) is 2.65. The first-order valence-electron chi connectivity index (χ1n) is 4.93. The van der Waals surface area contributed by atoms with Crippen LogP contribution in [0.2, 0.25) is 0 Å². The van der Waals surface area contributed by atoms with E-state index in [0.29, 0.717) is 0 Å². The smallest absolute Gasteiger partial charge is 0.261 e. The molecule has 2 heterocycles. The molecule has 0 aliphatic heterocycles. The van der Waals surface area contributed by atoms with Gasteiger partial charge in [-0.2, -0.15) is 0 Å². The molecule has 0 N–H and O–H groups in total. The highest BCUT2D eigenvalue weighted by atomic mass is 15.4. The summed E-state index contributed by atoms with van der Waals surface area (Å²) >= 11 is 0. The Kier molecular flexibility index (Phi) is 2.26. The molecule has 0 atom stereocenters. The van der Waals surface area contributed by atoms with Crippen molar-refractivity contribution in [3.63, 3.8) is 0 Å². The molecule has 15 heavy (non-hydrogen) atoms. The second-order valence-electron chi connectivity index (χ2n) is 3.69. The van der Waals surface area contributed by atoms with E-state index in [-0.39, 0.29) is 0 Å². The van der Waals surface area contributed by atoms with Crippen LogP contribution < -0.4 is 4.57 Å². The fourth-order valence-corrected chi connectivity index (χ4v) is 1.78. The van der Waals surface area contributed by atoms with E-state index < -0.39 is 0 Å². The van der Waals surface area contributed by atoms with Crippen LogP contribution in [0, 0.1) is 13.8 Å². The molecule has 0 spiro atoms. The van der Waals surface area contributed by atoms with Gasteiger partial charge in [0.2, 0.25) is 0 Å². The number of aromatic nitrogens is 4. The van der Waals surface area contributed by atoms with E-state index in [4.69, 9.17) is 0 Å². The lowest BCUT2D eigenvalue weighted by molar-refractivity contribution is -0.667. The highest BCUT2D eigenvalue weighted by Crippen LogP contribution is 2.16. The molecule has 78 valence electrons. The first-order valence-corrected chi connectivity index (χ1v) is 4.93. The molecule has 0 aliphatic carbocycles. The van der Waals surface area contributed by atoms with E-state index in [9.17, 15) is 0 Å². The third-order valence-corrected chi connectivity index (χ3v) is 2.65. The first kappa shape index (κ1) is 9.83. The van der Waals surface area contributed by atoms with Crippen LogP contribution in [0.25, 0.3) is 11.4 Å². The van der Waals surface area contributed by atoms with Gasteiger partial charge in [-0.3, -0.25) is 4.98 Å². The second-order valence-corrected chi connectivity index (χ2v) is 3.69. The molecular weight excluding hydrogens is 188 g/mol. The maximum atomic E-state index is 4.38. The molecule has 0 saturated carbocycles. The average Bonchev–Trinajstić information content (AvgIpc) is 2.43. The number of nitrogens with zero attached hydrogens (tertiary/aromatic N) is 4. The van der Waals surface area contributed by atoms with Gasteiger partial charge in [-0.05, 0) is 19.1 Å². The molecule has 0 bridgehead atoms. The maximum absolute atomic E-state index is 4.38. The largest absolute Gasteiger partial charge is 0.274 e. The molecule has 0 aliphatic rings. The molecule has 4 nitrogen and oxygen atoms in total. The third kappa shape index (κ3) is 1.52. The molecule has 0 fully saturated rings. The van der Waals surface area contributed by atoms with Crippen LogP contribution in [0.5, 0.6) is 0 Å². The Morgan fingerprint density at radius 1 is 1.33 bits per heavy atom. The fraction of sp³-hybridized carbons (Fsp3) is 0.364. The van der Waals surface area contributed by atoms with Crippen LogP contribution in [0.3, 0.4) is 0 Å². The van der Waals surface area contributed by atoms with Crippen molar-refractivity contribution in [2.75, 3.05) is 0 Å². The van der Waals surface area contributed by atoms with Crippen LogP contribution in [0.4, 0.5) is 0 Å². The van der Waals surface area contributed by atoms with Gasteiger partial charge in [0.15, 0.2) is 0 Å². The molecule has 2 rings (SSSR count). The Labute approximate surface area is 89.2 Å². The van der Waals surface area contributed by atoms with Crippen LogP contribution in [0.15, 0.2) is 18.3 Å². The quantitative estimate of drug-likeness (QED) is 0.646. The van der Waals surface area contributed by atoms with Gasteiger partial charge in [0.1, 0.15) is 0 Å². The summed E-state index contributed by atoms with van der Waals surface area (Å²) in [4.78, 5) is 4.29. The topological polar surface area (TPSA) is 34.6 Å². The first-order chi connectivity index (χ1) is 7.11. The lowest BCUT2D eigenvalue weighted by Gasteiger charge is -2.01. The van der Waals surface area contributed by atoms with Crippen LogP contribution >= 0.6 is 0 Å². The van der Waals surface area contributed by atoms with Crippen molar-refractivity contribution in [1.29, 1.82) is 0 Å². The average molecular weight is 203 g/mol. The van der Waals surface area contributed by atoms with Crippen molar-refractivity contribution in [2.24, 2.45) is 14.1 Å². The van der Waals surface area contributed by atoms with Crippen molar-refractivity contribution in [3.05, 3.63) is 29.8 Å². The Morgan fingerprint density at radius 3 is 2.60 bits per heavy atom. The summed E-state index contributed by atoms with van der Waals surface area (Å²) in [6, 6.07) is 4.02. The molecule has 0 unspecified atom stereocenters. The van der Waals surface area contributed by atoms with Gasteiger partial charge in [0.25, 0.3) is 11.6 Å². The lowest BCUT2D eigenvalue weighted by Crippen LogP contribution is -2.32. The molecule has 0 amide bonds. The fourth-order valence-electron chi connectivity index (χ4n) is 1.78. The highest BCUT2D eigenvalue weighted by Gasteiger charge is 2.20. The number of pyridine rings is 1. The minimum atomic E-state index is 0.996. The van der Waals surface area contributed by atoms with E-state index in [0.717, 1.165) is 22.9 Å². The van der Waals surface area contributed by atoms with Gasteiger partial charge in [-0.25, -0.2) is 4.57 Å². The molecular formula is C11H15N4+. The summed E-state index contributed by atoms with van der Waals surface area (Å²) < 4.78 is 3.96. The SMILES string of the molecule is Cc1ncccc1-c1n(C)nc(C)[n+]1C. The van der Waals surface area contributed by atoms with E-state index >= 15 is 0 Å². The van der Waals surface area contributed by atoms with Crippen molar-refractivity contribution in [3.8, 4) is 11.4 Å². The van der Waals surface area contributed by atoms with Gasteiger partial charge in [-0.1, -0.05) is 0 Å². The van der Waals surface area contributed by atoms with E-state index in [1.54, 1.807) is 0 Å². The minimum absolute atomic E-state index is 0.996. The second kappa shape index (κ2) is 3.46. The van der Waals surface area contributed by atoms with E-state index in [1.165, 1.54) is 0 Å².